The Labute approximate surface area is 108 Å². The van der Waals surface area contributed by atoms with Gasteiger partial charge in [0, 0.05) is 18.3 Å². The van der Waals surface area contributed by atoms with Crippen LogP contribution in [0.1, 0.15) is 6.42 Å². The van der Waals surface area contributed by atoms with Gasteiger partial charge in [0.1, 0.15) is 17.2 Å². The number of carbonyl (C=O) groups is 1. The minimum Gasteiger partial charge on any atom is -0.393 e. The molecule has 0 aliphatic carbocycles. The van der Waals surface area contributed by atoms with Gasteiger partial charge in [0.05, 0.1) is 13.2 Å². The van der Waals surface area contributed by atoms with Gasteiger partial charge in [0.15, 0.2) is 0 Å². The summed E-state index contributed by atoms with van der Waals surface area (Å²) in [7, 11) is 0. The van der Waals surface area contributed by atoms with Crippen LogP contribution < -0.4 is 5.32 Å². The summed E-state index contributed by atoms with van der Waals surface area (Å²) in [6.45, 7) is -0.195. The number of amides is 2. The number of nitrogens with one attached hydrogen (secondary N) is 1. The van der Waals surface area contributed by atoms with Gasteiger partial charge in [-0.15, -0.1) is 0 Å². The molecule has 2 rings (SSSR count). The monoisotopic (exact) mass is 272 g/mol. The zero-order valence-corrected chi connectivity index (χ0v) is 10.1. The van der Waals surface area contributed by atoms with E-state index in [0.717, 1.165) is 12.1 Å². The van der Waals surface area contributed by atoms with Crippen molar-refractivity contribution in [2.24, 2.45) is 0 Å². The molecule has 0 radical (unpaired) electrons. The van der Waals surface area contributed by atoms with E-state index in [1.807, 2.05) is 0 Å². The molecule has 19 heavy (non-hydrogen) atoms. The quantitative estimate of drug-likeness (QED) is 0.749. The number of benzene rings is 1. The van der Waals surface area contributed by atoms with Crippen LogP contribution in [0.2, 0.25) is 0 Å². The first-order valence-corrected chi connectivity index (χ1v) is 5.77. The van der Waals surface area contributed by atoms with Crippen LogP contribution >= 0.6 is 0 Å². The van der Waals surface area contributed by atoms with E-state index in [9.17, 15) is 18.7 Å². The molecule has 3 N–H and O–H groups in total. The molecule has 104 valence electrons. The maximum atomic E-state index is 13.0. The lowest BCUT2D eigenvalue weighted by molar-refractivity contribution is -0.00246. The second kappa shape index (κ2) is 5.10. The Morgan fingerprint density at radius 3 is 2.53 bits per heavy atom. The predicted molar refractivity (Wildman–Crippen MR) is 63.6 cm³/mol. The molecule has 1 aliphatic heterocycles. The fraction of sp³-hybridized carbons (Fsp3) is 0.417. The molecule has 5 nitrogen and oxygen atoms in total. The molecule has 0 unspecified atom stereocenters. The molecule has 1 atom stereocenters. The minimum absolute atomic E-state index is 0.00179. The number of aliphatic hydroxyl groups is 2. The van der Waals surface area contributed by atoms with Crippen LogP contribution in [-0.2, 0) is 0 Å². The van der Waals surface area contributed by atoms with E-state index in [2.05, 4.69) is 5.32 Å². The van der Waals surface area contributed by atoms with Crippen molar-refractivity contribution < 1.29 is 23.8 Å². The van der Waals surface area contributed by atoms with Crippen LogP contribution in [-0.4, -0.2) is 46.4 Å². The van der Waals surface area contributed by atoms with Gasteiger partial charge in [-0.3, -0.25) is 0 Å². The molecule has 0 spiro atoms. The number of aliphatic hydroxyl groups excluding tert-OH is 1. The predicted octanol–water partition coefficient (Wildman–Crippen LogP) is 0.926. The Morgan fingerprint density at radius 2 is 2.00 bits per heavy atom. The third kappa shape index (κ3) is 3.18. The third-order valence-corrected chi connectivity index (χ3v) is 3.03. The number of rotatable bonds is 2. The zero-order valence-electron chi connectivity index (χ0n) is 10.1. The summed E-state index contributed by atoms with van der Waals surface area (Å²) >= 11 is 0. The first-order chi connectivity index (χ1) is 8.92. The zero-order chi connectivity index (χ0) is 14.0. The highest BCUT2D eigenvalue weighted by atomic mass is 19.1. The number of nitrogens with zero attached hydrogens (tertiary/aromatic N) is 1. The van der Waals surface area contributed by atoms with E-state index < -0.39 is 29.9 Å². The van der Waals surface area contributed by atoms with Crippen molar-refractivity contribution in [2.75, 3.05) is 25.0 Å². The van der Waals surface area contributed by atoms with Crippen LogP contribution in [0, 0.1) is 11.6 Å². The van der Waals surface area contributed by atoms with Crippen LogP contribution in [0.15, 0.2) is 18.2 Å². The molecule has 1 saturated heterocycles. The normalized spacial score (nSPS) is 22.6. The number of anilines is 1. The summed E-state index contributed by atoms with van der Waals surface area (Å²) in [6.07, 6.45) is 0.258. The summed E-state index contributed by atoms with van der Waals surface area (Å²) in [5, 5.41) is 21.1. The molecular formula is C12H14F2N2O3. The number of carbonyl (C=O) groups excluding carboxylic acids is 1. The SMILES string of the molecule is O=C(Nc1cc(F)cc(F)c1)N1CC[C@](O)(CO)C1. The molecule has 0 bridgehead atoms. The van der Waals surface area contributed by atoms with Gasteiger partial charge in [0.25, 0.3) is 0 Å². The summed E-state index contributed by atoms with van der Waals surface area (Å²) in [5.41, 5.74) is -1.30. The minimum atomic E-state index is -1.30. The van der Waals surface area contributed by atoms with Gasteiger partial charge < -0.3 is 20.4 Å². The Bertz CT molecular complexity index is 478. The summed E-state index contributed by atoms with van der Waals surface area (Å²) < 4.78 is 25.9. The van der Waals surface area contributed by atoms with Crippen molar-refractivity contribution in [1.29, 1.82) is 0 Å². The number of urea groups is 1. The van der Waals surface area contributed by atoms with Crippen molar-refractivity contribution in [3.05, 3.63) is 29.8 Å². The van der Waals surface area contributed by atoms with Gasteiger partial charge in [-0.2, -0.15) is 0 Å². The van der Waals surface area contributed by atoms with E-state index in [-0.39, 0.29) is 25.2 Å². The van der Waals surface area contributed by atoms with Crippen molar-refractivity contribution >= 4 is 11.7 Å². The number of β-amino-alcohol motifs (C(OH)–C–C–N with tert-alkyl or cyclic N) is 1. The van der Waals surface area contributed by atoms with Gasteiger partial charge in [0.2, 0.25) is 0 Å². The second-order valence-electron chi connectivity index (χ2n) is 4.64. The average Bonchev–Trinajstić information content (AvgIpc) is 2.71. The Kier molecular flexibility index (Phi) is 3.68. The van der Waals surface area contributed by atoms with Gasteiger partial charge in [-0.05, 0) is 18.6 Å². The lowest BCUT2D eigenvalue weighted by Crippen LogP contribution is -2.40. The van der Waals surface area contributed by atoms with Gasteiger partial charge in [-0.1, -0.05) is 0 Å². The Hall–Kier alpha value is -1.73. The van der Waals surface area contributed by atoms with Crippen molar-refractivity contribution in [2.45, 2.75) is 12.0 Å². The van der Waals surface area contributed by atoms with Crippen LogP contribution in [0.3, 0.4) is 0 Å². The Morgan fingerprint density at radius 1 is 1.37 bits per heavy atom. The average molecular weight is 272 g/mol. The van der Waals surface area contributed by atoms with Crippen LogP contribution in [0.25, 0.3) is 0 Å². The number of hydrogen-bond acceptors (Lipinski definition) is 3. The van der Waals surface area contributed by atoms with E-state index in [1.54, 1.807) is 0 Å². The molecule has 1 aromatic carbocycles. The lowest BCUT2D eigenvalue weighted by atomic mass is 10.1. The summed E-state index contributed by atoms with van der Waals surface area (Å²) in [6, 6.07) is 2.12. The highest BCUT2D eigenvalue weighted by molar-refractivity contribution is 5.89. The molecule has 0 saturated carbocycles. The number of likely N-dealkylation sites (tertiary alicyclic amines) is 1. The fourth-order valence-electron chi connectivity index (χ4n) is 1.99. The highest BCUT2D eigenvalue weighted by Gasteiger charge is 2.37. The van der Waals surface area contributed by atoms with E-state index in [4.69, 9.17) is 5.11 Å². The molecule has 1 fully saturated rings. The first-order valence-electron chi connectivity index (χ1n) is 5.77. The smallest absolute Gasteiger partial charge is 0.321 e. The largest absolute Gasteiger partial charge is 0.393 e. The van der Waals surface area contributed by atoms with Crippen molar-refractivity contribution in [1.82, 2.24) is 4.90 Å². The topological polar surface area (TPSA) is 72.8 Å². The Balaban J connectivity index is 2.02. The summed E-state index contributed by atoms with van der Waals surface area (Å²) in [5.74, 6) is -1.58. The van der Waals surface area contributed by atoms with Gasteiger partial charge >= 0.3 is 6.03 Å². The molecule has 1 aromatic rings. The van der Waals surface area contributed by atoms with E-state index in [0.29, 0.717) is 6.07 Å². The molecule has 2 amide bonds. The maximum Gasteiger partial charge on any atom is 0.321 e. The standard InChI is InChI=1S/C12H14F2N2O3/c13-8-3-9(14)5-10(4-8)15-11(18)16-2-1-12(19,6-16)7-17/h3-5,17,19H,1-2,6-7H2,(H,15,18)/t12-/m1/s1. The van der Waals surface area contributed by atoms with Crippen LogP contribution in [0.4, 0.5) is 19.3 Å². The molecular weight excluding hydrogens is 258 g/mol. The maximum absolute atomic E-state index is 13.0. The lowest BCUT2D eigenvalue weighted by Gasteiger charge is -2.21. The fourth-order valence-corrected chi connectivity index (χ4v) is 1.99. The summed E-state index contributed by atoms with van der Waals surface area (Å²) in [4.78, 5) is 13.1. The first kappa shape index (κ1) is 13.7. The molecule has 1 aliphatic rings. The molecule has 7 heteroatoms. The third-order valence-electron chi connectivity index (χ3n) is 3.03. The van der Waals surface area contributed by atoms with Gasteiger partial charge in [-0.25, -0.2) is 13.6 Å². The van der Waals surface area contributed by atoms with Crippen molar-refractivity contribution in [3.8, 4) is 0 Å². The molecule has 1 heterocycles. The highest BCUT2D eigenvalue weighted by Crippen LogP contribution is 2.22. The number of halogens is 2. The van der Waals surface area contributed by atoms with E-state index in [1.165, 1.54) is 4.90 Å². The van der Waals surface area contributed by atoms with Crippen LogP contribution in [0.5, 0.6) is 0 Å². The number of hydrogen-bond donors (Lipinski definition) is 3. The van der Waals surface area contributed by atoms with Crippen molar-refractivity contribution in [3.63, 3.8) is 0 Å². The van der Waals surface area contributed by atoms with E-state index >= 15 is 0 Å². The second-order valence-corrected chi connectivity index (χ2v) is 4.64. The molecule has 0 aromatic heterocycles.